The van der Waals surface area contributed by atoms with Crippen LogP contribution in [0.3, 0.4) is 0 Å². The maximum absolute atomic E-state index is 12.6. The van der Waals surface area contributed by atoms with E-state index in [2.05, 4.69) is 0 Å². The molecule has 120 valence electrons. The Morgan fingerprint density at radius 1 is 1.14 bits per heavy atom. The SMILES string of the molecule is COCC(=O)N1CCCN(C(=O)c2cc(Cl)ccc2Cl)CC1. The summed E-state index contributed by atoms with van der Waals surface area (Å²) < 4.78 is 4.87. The smallest absolute Gasteiger partial charge is 0.255 e. The summed E-state index contributed by atoms with van der Waals surface area (Å²) in [7, 11) is 1.49. The number of ether oxygens (including phenoxy) is 1. The normalized spacial score (nSPS) is 15.6. The minimum Gasteiger partial charge on any atom is -0.375 e. The van der Waals surface area contributed by atoms with Crippen LogP contribution in [0.5, 0.6) is 0 Å². The highest BCUT2D eigenvalue weighted by Crippen LogP contribution is 2.22. The molecule has 1 heterocycles. The molecule has 0 N–H and O–H groups in total. The molecule has 0 bridgehead atoms. The first kappa shape index (κ1) is 17.1. The standard InChI is InChI=1S/C15H18Cl2N2O3/c1-22-10-14(20)18-5-2-6-19(8-7-18)15(21)12-9-11(16)3-4-13(12)17/h3-4,9H,2,5-8,10H2,1H3. The highest BCUT2D eigenvalue weighted by atomic mass is 35.5. The first-order chi connectivity index (χ1) is 10.5. The van der Waals surface area contributed by atoms with Crippen molar-refractivity contribution in [3.05, 3.63) is 33.8 Å². The predicted molar refractivity (Wildman–Crippen MR) is 85.4 cm³/mol. The third-order valence-corrected chi connectivity index (χ3v) is 4.13. The number of carbonyl (C=O) groups excluding carboxylic acids is 2. The minimum absolute atomic E-state index is 0.0578. The van der Waals surface area contributed by atoms with E-state index in [0.717, 1.165) is 6.42 Å². The lowest BCUT2D eigenvalue weighted by atomic mass is 10.2. The van der Waals surface area contributed by atoms with Crippen molar-refractivity contribution in [1.82, 2.24) is 9.80 Å². The molecule has 2 amide bonds. The van der Waals surface area contributed by atoms with Crippen LogP contribution in [-0.2, 0) is 9.53 Å². The molecule has 0 atom stereocenters. The van der Waals surface area contributed by atoms with E-state index in [9.17, 15) is 9.59 Å². The van der Waals surface area contributed by atoms with Crippen LogP contribution in [0.1, 0.15) is 16.8 Å². The van der Waals surface area contributed by atoms with E-state index in [1.54, 1.807) is 28.0 Å². The molecule has 0 aromatic heterocycles. The topological polar surface area (TPSA) is 49.9 Å². The van der Waals surface area contributed by atoms with Crippen molar-refractivity contribution in [3.63, 3.8) is 0 Å². The van der Waals surface area contributed by atoms with E-state index in [1.807, 2.05) is 0 Å². The zero-order chi connectivity index (χ0) is 16.1. The highest BCUT2D eigenvalue weighted by Gasteiger charge is 2.24. The van der Waals surface area contributed by atoms with Crippen molar-refractivity contribution < 1.29 is 14.3 Å². The number of hydrogen-bond acceptors (Lipinski definition) is 3. The van der Waals surface area contributed by atoms with Crippen molar-refractivity contribution in [3.8, 4) is 0 Å². The highest BCUT2D eigenvalue weighted by molar-refractivity contribution is 6.35. The molecule has 22 heavy (non-hydrogen) atoms. The number of hydrogen-bond donors (Lipinski definition) is 0. The van der Waals surface area contributed by atoms with Crippen LogP contribution in [0.4, 0.5) is 0 Å². The van der Waals surface area contributed by atoms with Gasteiger partial charge in [-0.15, -0.1) is 0 Å². The second kappa shape index (κ2) is 7.81. The number of methoxy groups -OCH3 is 1. The van der Waals surface area contributed by atoms with Crippen LogP contribution in [0, 0.1) is 0 Å². The van der Waals surface area contributed by atoms with E-state index in [4.69, 9.17) is 27.9 Å². The van der Waals surface area contributed by atoms with E-state index >= 15 is 0 Å². The lowest BCUT2D eigenvalue weighted by Crippen LogP contribution is -2.38. The van der Waals surface area contributed by atoms with E-state index in [-0.39, 0.29) is 18.4 Å². The van der Waals surface area contributed by atoms with Gasteiger partial charge in [0.15, 0.2) is 0 Å². The van der Waals surface area contributed by atoms with Gasteiger partial charge in [-0.3, -0.25) is 9.59 Å². The third-order valence-electron chi connectivity index (χ3n) is 3.56. The van der Waals surface area contributed by atoms with Crippen LogP contribution in [-0.4, -0.2) is 61.5 Å². The number of rotatable bonds is 3. The van der Waals surface area contributed by atoms with Crippen molar-refractivity contribution >= 4 is 35.0 Å². The first-order valence-electron chi connectivity index (χ1n) is 7.04. The number of benzene rings is 1. The van der Waals surface area contributed by atoms with Gasteiger partial charge in [-0.1, -0.05) is 23.2 Å². The molecule has 7 heteroatoms. The molecule has 1 saturated heterocycles. The fourth-order valence-corrected chi connectivity index (χ4v) is 2.79. The fourth-order valence-electron chi connectivity index (χ4n) is 2.42. The molecule has 1 aliphatic rings. The molecule has 5 nitrogen and oxygen atoms in total. The van der Waals surface area contributed by atoms with Gasteiger partial charge < -0.3 is 14.5 Å². The van der Waals surface area contributed by atoms with Gasteiger partial charge in [-0.2, -0.15) is 0 Å². The van der Waals surface area contributed by atoms with Crippen molar-refractivity contribution in [2.24, 2.45) is 0 Å². The summed E-state index contributed by atoms with van der Waals surface area (Å²) in [4.78, 5) is 27.9. The lowest BCUT2D eigenvalue weighted by Gasteiger charge is -2.22. The molecule has 0 unspecified atom stereocenters. The second-order valence-corrected chi connectivity index (χ2v) is 5.93. The number of carbonyl (C=O) groups is 2. The molecule has 0 spiro atoms. The van der Waals surface area contributed by atoms with E-state index in [0.29, 0.717) is 41.8 Å². The Bertz CT molecular complexity index is 566. The van der Waals surface area contributed by atoms with Crippen molar-refractivity contribution in [2.75, 3.05) is 39.9 Å². The molecule has 2 rings (SSSR count). The van der Waals surface area contributed by atoms with Gasteiger partial charge in [0.1, 0.15) is 6.61 Å². The summed E-state index contributed by atoms with van der Waals surface area (Å²) in [6.45, 7) is 2.23. The molecule has 0 saturated carbocycles. The van der Waals surface area contributed by atoms with Crippen LogP contribution in [0.2, 0.25) is 10.0 Å². The third kappa shape index (κ3) is 4.12. The van der Waals surface area contributed by atoms with Gasteiger partial charge >= 0.3 is 0 Å². The maximum atomic E-state index is 12.6. The maximum Gasteiger partial charge on any atom is 0.255 e. The zero-order valence-electron chi connectivity index (χ0n) is 12.3. The average Bonchev–Trinajstić information content (AvgIpc) is 2.75. The Morgan fingerprint density at radius 3 is 2.55 bits per heavy atom. The molecule has 1 fully saturated rings. The average molecular weight is 345 g/mol. The first-order valence-corrected chi connectivity index (χ1v) is 7.79. The zero-order valence-corrected chi connectivity index (χ0v) is 13.9. The van der Waals surface area contributed by atoms with Crippen LogP contribution in [0.25, 0.3) is 0 Å². The Labute approximate surface area is 139 Å². The molecule has 0 aliphatic carbocycles. The van der Waals surface area contributed by atoms with Crippen molar-refractivity contribution in [1.29, 1.82) is 0 Å². The molecular formula is C15H18Cl2N2O3. The number of nitrogens with zero attached hydrogens (tertiary/aromatic N) is 2. The minimum atomic E-state index is -0.159. The van der Waals surface area contributed by atoms with E-state index in [1.165, 1.54) is 7.11 Å². The van der Waals surface area contributed by atoms with Gasteiger partial charge in [0.2, 0.25) is 5.91 Å². The fraction of sp³-hybridized carbons (Fsp3) is 0.467. The Balaban J connectivity index is 2.06. The van der Waals surface area contributed by atoms with Gasteiger partial charge in [0.05, 0.1) is 10.6 Å². The summed E-state index contributed by atoms with van der Waals surface area (Å²) in [6, 6.07) is 4.84. The number of halogens is 2. The van der Waals surface area contributed by atoms with Gasteiger partial charge in [0.25, 0.3) is 5.91 Å². The quantitative estimate of drug-likeness (QED) is 0.845. The summed E-state index contributed by atoms with van der Waals surface area (Å²) in [5.74, 6) is -0.217. The van der Waals surface area contributed by atoms with Crippen LogP contribution < -0.4 is 0 Å². The van der Waals surface area contributed by atoms with Crippen LogP contribution >= 0.6 is 23.2 Å². The number of amides is 2. The van der Waals surface area contributed by atoms with Crippen molar-refractivity contribution in [2.45, 2.75) is 6.42 Å². The Kier molecular flexibility index (Phi) is 6.06. The van der Waals surface area contributed by atoms with Gasteiger partial charge in [-0.05, 0) is 24.6 Å². The monoisotopic (exact) mass is 344 g/mol. The molecule has 0 radical (unpaired) electrons. The summed E-state index contributed by atoms with van der Waals surface area (Å²) in [5.41, 5.74) is 0.394. The lowest BCUT2D eigenvalue weighted by molar-refractivity contribution is -0.135. The molecular weight excluding hydrogens is 327 g/mol. The van der Waals surface area contributed by atoms with E-state index < -0.39 is 0 Å². The summed E-state index contributed by atoms with van der Waals surface area (Å²) in [5, 5.41) is 0.852. The van der Waals surface area contributed by atoms with Crippen LogP contribution in [0.15, 0.2) is 18.2 Å². The molecule has 1 aromatic rings. The summed E-state index contributed by atoms with van der Waals surface area (Å²) >= 11 is 12.0. The Hall–Kier alpha value is -1.30. The molecule has 1 aliphatic heterocycles. The predicted octanol–water partition coefficient (Wildman–Crippen LogP) is 2.31. The largest absolute Gasteiger partial charge is 0.375 e. The van der Waals surface area contributed by atoms with Gasteiger partial charge in [-0.25, -0.2) is 0 Å². The second-order valence-electron chi connectivity index (χ2n) is 5.08. The molecule has 1 aromatic carbocycles. The van der Waals surface area contributed by atoms with Gasteiger partial charge in [0, 0.05) is 38.3 Å². The summed E-state index contributed by atoms with van der Waals surface area (Å²) in [6.07, 6.45) is 0.722. The Morgan fingerprint density at radius 2 is 1.82 bits per heavy atom.